The van der Waals surface area contributed by atoms with E-state index in [4.69, 9.17) is 28.9 Å². The average molecular weight is 349 g/mol. The molecular formula is C17H18Cl2N4. The van der Waals surface area contributed by atoms with Gasteiger partial charge in [0.25, 0.3) is 0 Å². The zero-order valence-corrected chi connectivity index (χ0v) is 14.3. The molecule has 0 amide bonds. The molecule has 3 atom stereocenters. The van der Waals surface area contributed by atoms with E-state index >= 15 is 0 Å². The number of hydrogen-bond acceptors (Lipinski definition) is 4. The Hall–Kier alpha value is -1.52. The van der Waals surface area contributed by atoms with Crippen LogP contribution in [0.4, 0.5) is 11.6 Å². The summed E-state index contributed by atoms with van der Waals surface area (Å²) in [6, 6.07) is 5.43. The highest BCUT2D eigenvalue weighted by Gasteiger charge is 2.54. The molecule has 2 aromatic rings. The molecule has 120 valence electrons. The van der Waals surface area contributed by atoms with Crippen molar-refractivity contribution in [1.29, 1.82) is 0 Å². The summed E-state index contributed by atoms with van der Waals surface area (Å²) in [5.74, 6) is 3.79. The van der Waals surface area contributed by atoms with Gasteiger partial charge >= 0.3 is 0 Å². The Morgan fingerprint density at radius 1 is 1.26 bits per heavy atom. The van der Waals surface area contributed by atoms with E-state index < -0.39 is 0 Å². The number of piperidine rings is 1. The van der Waals surface area contributed by atoms with Crippen molar-refractivity contribution in [1.82, 2.24) is 9.97 Å². The van der Waals surface area contributed by atoms with Gasteiger partial charge in [0.05, 0.1) is 16.2 Å². The molecule has 0 bridgehead atoms. The Balaban J connectivity index is 1.60. The lowest BCUT2D eigenvalue weighted by atomic mass is 10.1. The maximum atomic E-state index is 6.26. The largest absolute Gasteiger partial charge is 0.382 e. The van der Waals surface area contributed by atoms with Gasteiger partial charge in [0.15, 0.2) is 5.82 Å². The van der Waals surface area contributed by atoms with Crippen LogP contribution in [0.2, 0.25) is 10.0 Å². The summed E-state index contributed by atoms with van der Waals surface area (Å²) in [6.45, 7) is 4.40. The molecule has 2 N–H and O–H groups in total. The van der Waals surface area contributed by atoms with Crippen LogP contribution in [0.15, 0.2) is 24.4 Å². The van der Waals surface area contributed by atoms with Crippen LogP contribution in [0.1, 0.15) is 13.3 Å². The molecule has 1 saturated heterocycles. The van der Waals surface area contributed by atoms with E-state index in [1.54, 1.807) is 12.3 Å². The van der Waals surface area contributed by atoms with Gasteiger partial charge in [-0.1, -0.05) is 48.7 Å². The first-order valence-electron chi connectivity index (χ1n) is 7.92. The predicted octanol–water partition coefficient (Wildman–Crippen LogP) is 4.12. The van der Waals surface area contributed by atoms with Crippen LogP contribution in [0, 0.1) is 17.8 Å². The zero-order chi connectivity index (χ0) is 16.1. The first-order valence-corrected chi connectivity index (χ1v) is 8.67. The molecule has 2 fully saturated rings. The maximum Gasteiger partial charge on any atom is 0.152 e. The van der Waals surface area contributed by atoms with Crippen LogP contribution in [0.3, 0.4) is 0 Å². The number of hydrogen-bond donors (Lipinski definition) is 1. The molecule has 0 spiro atoms. The van der Waals surface area contributed by atoms with Crippen molar-refractivity contribution < 1.29 is 0 Å². The second-order valence-corrected chi connectivity index (χ2v) is 7.15. The predicted molar refractivity (Wildman–Crippen MR) is 94.9 cm³/mol. The van der Waals surface area contributed by atoms with Crippen molar-refractivity contribution in [2.75, 3.05) is 23.7 Å². The summed E-state index contributed by atoms with van der Waals surface area (Å²) in [6.07, 6.45) is 3.07. The van der Waals surface area contributed by atoms with Crippen molar-refractivity contribution in [3.05, 3.63) is 34.4 Å². The third-order valence-electron chi connectivity index (χ3n) is 5.16. The smallest absolute Gasteiger partial charge is 0.152 e. The van der Waals surface area contributed by atoms with Gasteiger partial charge in [-0.2, -0.15) is 0 Å². The van der Waals surface area contributed by atoms with Gasteiger partial charge in [-0.3, -0.25) is 0 Å². The van der Waals surface area contributed by atoms with Crippen LogP contribution < -0.4 is 10.6 Å². The molecule has 1 aliphatic carbocycles. The highest BCUT2D eigenvalue weighted by atomic mass is 35.5. The number of nitrogens with two attached hydrogens (primary N) is 1. The molecule has 2 heterocycles. The van der Waals surface area contributed by atoms with E-state index in [1.165, 1.54) is 6.42 Å². The highest BCUT2D eigenvalue weighted by Crippen LogP contribution is 2.54. The summed E-state index contributed by atoms with van der Waals surface area (Å²) in [5, 5.41) is 0.941. The zero-order valence-electron chi connectivity index (χ0n) is 12.8. The summed E-state index contributed by atoms with van der Waals surface area (Å²) in [7, 11) is 0. The number of nitrogens with zero attached hydrogens (tertiary/aromatic N) is 3. The first kappa shape index (κ1) is 15.0. The van der Waals surface area contributed by atoms with Gasteiger partial charge in [0.1, 0.15) is 11.5 Å². The highest BCUT2D eigenvalue weighted by molar-refractivity contribution is 6.43. The molecule has 23 heavy (non-hydrogen) atoms. The Labute approximate surface area is 145 Å². The summed E-state index contributed by atoms with van der Waals surface area (Å²) in [4.78, 5) is 11.3. The number of rotatable bonds is 3. The Kier molecular flexibility index (Phi) is 3.62. The lowest BCUT2D eigenvalue weighted by Gasteiger charge is -2.21. The molecule has 4 nitrogen and oxygen atoms in total. The van der Waals surface area contributed by atoms with Crippen molar-refractivity contribution >= 4 is 34.8 Å². The molecule has 2 unspecified atom stereocenters. The lowest BCUT2D eigenvalue weighted by Crippen LogP contribution is -2.25. The van der Waals surface area contributed by atoms with Crippen LogP contribution in [-0.2, 0) is 0 Å². The Bertz CT molecular complexity index is 752. The third kappa shape index (κ3) is 2.45. The second-order valence-electron chi connectivity index (χ2n) is 6.37. The van der Waals surface area contributed by atoms with E-state index in [0.29, 0.717) is 27.1 Å². The fourth-order valence-electron chi connectivity index (χ4n) is 3.88. The monoisotopic (exact) mass is 348 g/mol. The minimum absolute atomic E-state index is 0.388. The summed E-state index contributed by atoms with van der Waals surface area (Å²) >= 11 is 12.3. The number of aromatic nitrogens is 2. The van der Waals surface area contributed by atoms with Crippen LogP contribution >= 0.6 is 23.2 Å². The molecule has 1 saturated carbocycles. The number of halogens is 2. The van der Waals surface area contributed by atoms with E-state index in [2.05, 4.69) is 21.8 Å². The fraction of sp³-hybridized carbons (Fsp3) is 0.412. The van der Waals surface area contributed by atoms with Gasteiger partial charge < -0.3 is 10.6 Å². The van der Waals surface area contributed by atoms with Gasteiger partial charge in [-0.25, -0.2) is 9.97 Å². The molecule has 4 rings (SSSR count). The molecule has 1 aliphatic heterocycles. The van der Waals surface area contributed by atoms with Gasteiger partial charge in [0, 0.05) is 18.7 Å². The van der Waals surface area contributed by atoms with E-state index in [0.717, 1.165) is 36.7 Å². The quantitative estimate of drug-likeness (QED) is 0.905. The number of fused-ring (bicyclic) bond motifs is 1. The standard InChI is InChI=1S/C17H18Cl2N4/c1-2-9-11-7-23(8-12(9)11)14-6-21-16(17(20)22-14)10-4-3-5-13(18)15(10)19/h3-6,9,11-12H,2,7-8H2,1H3,(H2,20,22)/t9?,11-,12?/m0/s1. The molecule has 6 heteroatoms. The van der Waals surface area contributed by atoms with Crippen LogP contribution in [-0.4, -0.2) is 23.1 Å². The number of nitrogen functional groups attached to an aromatic ring is 1. The normalized spacial score (nSPS) is 25.5. The topological polar surface area (TPSA) is 55.0 Å². The minimum atomic E-state index is 0.388. The van der Waals surface area contributed by atoms with Crippen molar-refractivity contribution in [2.45, 2.75) is 13.3 Å². The molecule has 2 aliphatic rings. The van der Waals surface area contributed by atoms with Crippen LogP contribution in [0.5, 0.6) is 0 Å². The van der Waals surface area contributed by atoms with Crippen molar-refractivity contribution in [3.8, 4) is 11.3 Å². The fourth-order valence-corrected chi connectivity index (χ4v) is 4.27. The molecular weight excluding hydrogens is 331 g/mol. The lowest BCUT2D eigenvalue weighted by molar-refractivity contribution is 0.618. The van der Waals surface area contributed by atoms with Gasteiger partial charge in [-0.05, 0) is 23.8 Å². The third-order valence-corrected chi connectivity index (χ3v) is 5.98. The number of benzene rings is 1. The summed E-state index contributed by atoms with van der Waals surface area (Å²) < 4.78 is 0. The van der Waals surface area contributed by atoms with Crippen molar-refractivity contribution in [2.24, 2.45) is 17.8 Å². The van der Waals surface area contributed by atoms with Gasteiger partial charge in [0.2, 0.25) is 0 Å². The number of anilines is 2. The minimum Gasteiger partial charge on any atom is -0.382 e. The Morgan fingerprint density at radius 3 is 2.65 bits per heavy atom. The van der Waals surface area contributed by atoms with Crippen LogP contribution in [0.25, 0.3) is 11.3 Å². The summed E-state index contributed by atoms with van der Waals surface area (Å²) in [5.41, 5.74) is 7.43. The van der Waals surface area contributed by atoms with Crippen molar-refractivity contribution in [3.63, 3.8) is 0 Å². The van der Waals surface area contributed by atoms with Gasteiger partial charge in [-0.15, -0.1) is 0 Å². The molecule has 1 aromatic carbocycles. The van der Waals surface area contributed by atoms with E-state index in [-0.39, 0.29) is 0 Å². The second kappa shape index (κ2) is 5.53. The van der Waals surface area contributed by atoms with E-state index in [9.17, 15) is 0 Å². The molecule has 1 aromatic heterocycles. The molecule has 0 radical (unpaired) electrons. The Morgan fingerprint density at radius 2 is 2.00 bits per heavy atom. The SMILES string of the molecule is CCC1C2CN(c3cnc(-c4cccc(Cl)c4Cl)c(N)n3)C[C@@H]12. The average Bonchev–Trinajstić information content (AvgIpc) is 3.01. The van der Waals surface area contributed by atoms with E-state index in [1.807, 2.05) is 12.1 Å². The maximum absolute atomic E-state index is 6.26. The first-order chi connectivity index (χ1) is 11.1.